The van der Waals surface area contributed by atoms with Gasteiger partial charge in [-0.25, -0.2) is 8.42 Å². The first kappa shape index (κ1) is 16.7. The molecule has 1 aromatic rings. The molecular formula is C14H21ClN2O3S. The van der Waals surface area contributed by atoms with Crippen molar-refractivity contribution < 1.29 is 13.2 Å². The van der Waals surface area contributed by atoms with E-state index >= 15 is 0 Å². The third-order valence-electron chi connectivity index (χ3n) is 3.86. The van der Waals surface area contributed by atoms with Crippen molar-refractivity contribution in [1.29, 1.82) is 0 Å². The number of hydrogen-bond donors (Lipinski definition) is 1. The van der Waals surface area contributed by atoms with Gasteiger partial charge in [-0.1, -0.05) is 17.7 Å². The number of piperidine rings is 1. The van der Waals surface area contributed by atoms with Crippen LogP contribution in [0.5, 0.6) is 0 Å². The Morgan fingerprint density at radius 1 is 1.38 bits per heavy atom. The molecular weight excluding hydrogens is 312 g/mol. The summed E-state index contributed by atoms with van der Waals surface area (Å²) in [6.07, 6.45) is 1.64. The SMILES string of the molecule is COCC1CCN(S(=O)(=O)c2ccc(CN)c(Cl)c2)CC1. The quantitative estimate of drug-likeness (QED) is 0.893. The van der Waals surface area contributed by atoms with Gasteiger partial charge in [0.25, 0.3) is 0 Å². The minimum absolute atomic E-state index is 0.231. The summed E-state index contributed by atoms with van der Waals surface area (Å²) < 4.78 is 31.9. The van der Waals surface area contributed by atoms with Crippen LogP contribution in [-0.4, -0.2) is 39.5 Å². The maximum Gasteiger partial charge on any atom is 0.243 e. The van der Waals surface area contributed by atoms with E-state index in [9.17, 15) is 8.42 Å². The zero-order valence-corrected chi connectivity index (χ0v) is 13.7. The summed E-state index contributed by atoms with van der Waals surface area (Å²) in [5.41, 5.74) is 6.29. The largest absolute Gasteiger partial charge is 0.384 e. The third-order valence-corrected chi connectivity index (χ3v) is 6.10. The molecule has 0 atom stereocenters. The Kier molecular flexibility index (Phi) is 5.62. The molecule has 1 aliphatic rings. The standard InChI is InChI=1S/C14H21ClN2O3S/c1-20-10-11-4-6-17(7-5-11)21(18,19)13-3-2-12(9-16)14(15)8-13/h2-3,8,11H,4-7,9-10,16H2,1H3. The van der Waals surface area contributed by atoms with Crippen molar-refractivity contribution in [2.45, 2.75) is 24.3 Å². The van der Waals surface area contributed by atoms with E-state index in [1.165, 1.54) is 10.4 Å². The molecule has 1 fully saturated rings. The monoisotopic (exact) mass is 332 g/mol. The maximum atomic E-state index is 12.6. The summed E-state index contributed by atoms with van der Waals surface area (Å²) in [6.45, 7) is 2.02. The van der Waals surface area contributed by atoms with Gasteiger partial charge >= 0.3 is 0 Å². The third kappa shape index (κ3) is 3.76. The molecule has 118 valence electrons. The predicted molar refractivity (Wildman–Crippen MR) is 82.7 cm³/mol. The van der Waals surface area contributed by atoms with E-state index in [4.69, 9.17) is 22.1 Å². The lowest BCUT2D eigenvalue weighted by molar-refractivity contribution is 0.121. The first-order valence-corrected chi connectivity index (χ1v) is 8.78. The Balaban J connectivity index is 2.14. The summed E-state index contributed by atoms with van der Waals surface area (Å²) in [7, 11) is -1.81. The molecule has 0 saturated carbocycles. The van der Waals surface area contributed by atoms with Gasteiger partial charge in [0.2, 0.25) is 10.0 Å². The van der Waals surface area contributed by atoms with Gasteiger partial charge in [-0.2, -0.15) is 4.31 Å². The minimum atomic E-state index is -3.48. The number of hydrogen-bond acceptors (Lipinski definition) is 4. The van der Waals surface area contributed by atoms with Crippen LogP contribution in [0.3, 0.4) is 0 Å². The van der Waals surface area contributed by atoms with Crippen LogP contribution in [0.25, 0.3) is 0 Å². The molecule has 1 heterocycles. The lowest BCUT2D eigenvalue weighted by Gasteiger charge is -2.30. The average molecular weight is 333 g/mol. The van der Waals surface area contributed by atoms with Gasteiger partial charge in [0.15, 0.2) is 0 Å². The van der Waals surface area contributed by atoms with Gasteiger partial charge in [-0.3, -0.25) is 0 Å². The number of nitrogens with two attached hydrogens (primary N) is 1. The number of ether oxygens (including phenoxy) is 1. The minimum Gasteiger partial charge on any atom is -0.384 e. The van der Waals surface area contributed by atoms with Crippen molar-refractivity contribution in [3.05, 3.63) is 28.8 Å². The molecule has 1 saturated heterocycles. The van der Waals surface area contributed by atoms with Gasteiger partial charge in [-0.15, -0.1) is 0 Å². The van der Waals surface area contributed by atoms with E-state index in [1.807, 2.05) is 0 Å². The van der Waals surface area contributed by atoms with Gasteiger partial charge in [0.05, 0.1) is 4.90 Å². The van der Waals surface area contributed by atoms with Crippen LogP contribution < -0.4 is 5.73 Å². The smallest absolute Gasteiger partial charge is 0.243 e. The Morgan fingerprint density at radius 2 is 2.05 bits per heavy atom. The highest BCUT2D eigenvalue weighted by Gasteiger charge is 2.29. The first-order chi connectivity index (χ1) is 9.98. The van der Waals surface area contributed by atoms with Crippen molar-refractivity contribution in [3.8, 4) is 0 Å². The van der Waals surface area contributed by atoms with Gasteiger partial charge in [-0.05, 0) is 36.5 Å². The molecule has 2 N–H and O–H groups in total. The fourth-order valence-corrected chi connectivity index (χ4v) is 4.37. The summed E-state index contributed by atoms with van der Waals surface area (Å²) in [4.78, 5) is 0.231. The normalized spacial score (nSPS) is 18.0. The summed E-state index contributed by atoms with van der Waals surface area (Å²) >= 11 is 6.06. The summed E-state index contributed by atoms with van der Waals surface area (Å²) in [6, 6.07) is 4.73. The Hall–Kier alpha value is -0.660. The molecule has 2 rings (SSSR count). The number of rotatable bonds is 5. The van der Waals surface area contributed by atoms with Crippen LogP contribution in [0, 0.1) is 5.92 Å². The second-order valence-electron chi connectivity index (χ2n) is 5.26. The fourth-order valence-electron chi connectivity index (χ4n) is 2.56. The number of benzene rings is 1. The lowest BCUT2D eigenvalue weighted by atomic mass is 9.99. The van der Waals surface area contributed by atoms with Crippen molar-refractivity contribution in [1.82, 2.24) is 4.31 Å². The van der Waals surface area contributed by atoms with Crippen LogP contribution in [0.2, 0.25) is 5.02 Å². The Morgan fingerprint density at radius 3 is 2.57 bits per heavy atom. The number of halogens is 1. The first-order valence-electron chi connectivity index (χ1n) is 6.96. The molecule has 0 radical (unpaired) electrons. The van der Waals surface area contributed by atoms with Gasteiger partial charge in [0.1, 0.15) is 0 Å². The average Bonchev–Trinajstić information content (AvgIpc) is 2.48. The number of sulfonamides is 1. The molecule has 0 aromatic heterocycles. The second-order valence-corrected chi connectivity index (χ2v) is 7.61. The van der Waals surface area contributed by atoms with Gasteiger partial charge < -0.3 is 10.5 Å². The van der Waals surface area contributed by atoms with E-state index in [2.05, 4.69) is 0 Å². The van der Waals surface area contributed by atoms with Gasteiger partial charge in [0, 0.05) is 38.4 Å². The zero-order valence-electron chi connectivity index (χ0n) is 12.1. The van der Waals surface area contributed by atoms with Crippen molar-refractivity contribution in [2.24, 2.45) is 11.7 Å². The highest BCUT2D eigenvalue weighted by molar-refractivity contribution is 7.89. The molecule has 7 heteroatoms. The predicted octanol–water partition coefficient (Wildman–Crippen LogP) is 1.85. The molecule has 21 heavy (non-hydrogen) atoms. The second kappa shape index (κ2) is 7.07. The highest BCUT2D eigenvalue weighted by atomic mass is 35.5. The van der Waals surface area contributed by atoms with Crippen LogP contribution in [-0.2, 0) is 21.3 Å². The zero-order chi connectivity index (χ0) is 15.5. The van der Waals surface area contributed by atoms with Crippen molar-refractivity contribution >= 4 is 21.6 Å². The Labute approximate surface area is 131 Å². The highest BCUT2D eigenvalue weighted by Crippen LogP contribution is 2.26. The summed E-state index contributed by atoms with van der Waals surface area (Å²) in [5, 5.41) is 0.396. The molecule has 0 bridgehead atoms. The van der Waals surface area contributed by atoms with E-state index in [1.54, 1.807) is 19.2 Å². The van der Waals surface area contributed by atoms with Crippen LogP contribution in [0.15, 0.2) is 23.1 Å². The van der Waals surface area contributed by atoms with E-state index in [0.717, 1.165) is 18.4 Å². The number of nitrogens with zero attached hydrogens (tertiary/aromatic N) is 1. The maximum absolute atomic E-state index is 12.6. The molecule has 5 nitrogen and oxygen atoms in total. The van der Waals surface area contributed by atoms with Crippen LogP contribution in [0.1, 0.15) is 18.4 Å². The van der Waals surface area contributed by atoms with E-state index < -0.39 is 10.0 Å². The molecule has 0 amide bonds. The van der Waals surface area contributed by atoms with Crippen LogP contribution >= 0.6 is 11.6 Å². The van der Waals surface area contributed by atoms with E-state index in [-0.39, 0.29) is 4.90 Å². The fraction of sp³-hybridized carbons (Fsp3) is 0.571. The molecule has 0 spiro atoms. The summed E-state index contributed by atoms with van der Waals surface area (Å²) in [5.74, 6) is 0.435. The lowest BCUT2D eigenvalue weighted by Crippen LogP contribution is -2.39. The van der Waals surface area contributed by atoms with Crippen molar-refractivity contribution in [3.63, 3.8) is 0 Å². The van der Waals surface area contributed by atoms with Crippen molar-refractivity contribution in [2.75, 3.05) is 26.8 Å². The number of methoxy groups -OCH3 is 1. The molecule has 1 aromatic carbocycles. The molecule has 0 unspecified atom stereocenters. The van der Waals surface area contributed by atoms with E-state index in [0.29, 0.717) is 37.2 Å². The Bertz CT molecular complexity index is 584. The molecule has 0 aliphatic carbocycles. The topological polar surface area (TPSA) is 72.6 Å². The van der Waals surface area contributed by atoms with Crippen LogP contribution in [0.4, 0.5) is 0 Å². The molecule has 1 aliphatic heterocycles.